The van der Waals surface area contributed by atoms with Crippen LogP contribution in [0.1, 0.15) is 37.0 Å². The summed E-state index contributed by atoms with van der Waals surface area (Å²) >= 11 is 0. The second-order valence-electron chi connectivity index (χ2n) is 6.18. The van der Waals surface area contributed by atoms with Gasteiger partial charge in [0.15, 0.2) is 11.5 Å². The average molecular weight is 357 g/mol. The highest BCUT2D eigenvalue weighted by atomic mass is 16.5. The molecule has 0 fully saturated rings. The van der Waals surface area contributed by atoms with Gasteiger partial charge in [-0.15, -0.1) is 0 Å². The van der Waals surface area contributed by atoms with Gasteiger partial charge in [0.2, 0.25) is 0 Å². The van der Waals surface area contributed by atoms with Crippen LogP contribution >= 0.6 is 0 Å². The van der Waals surface area contributed by atoms with Gasteiger partial charge in [-0.3, -0.25) is 0 Å². The van der Waals surface area contributed by atoms with E-state index in [9.17, 15) is 0 Å². The summed E-state index contributed by atoms with van der Waals surface area (Å²) in [6.07, 6.45) is 0.999. The van der Waals surface area contributed by atoms with Gasteiger partial charge < -0.3 is 19.5 Å². The van der Waals surface area contributed by atoms with Crippen LogP contribution in [0.2, 0.25) is 0 Å². The Morgan fingerprint density at radius 2 is 1.73 bits per heavy atom. The second kappa shape index (κ2) is 11.6. The number of aryl methyl sites for hydroxylation is 1. The third kappa shape index (κ3) is 6.70. The first-order valence-electron chi connectivity index (χ1n) is 9.46. The molecular weight excluding hydrogens is 326 g/mol. The zero-order chi connectivity index (χ0) is 18.6. The predicted molar refractivity (Wildman–Crippen MR) is 106 cm³/mol. The number of ether oxygens (including phenoxy) is 3. The Kier molecular flexibility index (Phi) is 9.01. The van der Waals surface area contributed by atoms with Crippen LogP contribution in [-0.2, 0) is 17.9 Å². The molecule has 2 aromatic rings. The monoisotopic (exact) mass is 357 g/mol. The Labute approximate surface area is 157 Å². The van der Waals surface area contributed by atoms with E-state index in [0.717, 1.165) is 55.4 Å². The minimum absolute atomic E-state index is 0.529. The van der Waals surface area contributed by atoms with Crippen LogP contribution in [0, 0.1) is 6.92 Å². The Morgan fingerprint density at radius 1 is 0.923 bits per heavy atom. The van der Waals surface area contributed by atoms with E-state index in [-0.39, 0.29) is 0 Å². The molecule has 4 heteroatoms. The van der Waals surface area contributed by atoms with Crippen molar-refractivity contribution in [3.8, 4) is 11.5 Å². The lowest BCUT2D eigenvalue weighted by Crippen LogP contribution is -2.17. The van der Waals surface area contributed by atoms with Crippen molar-refractivity contribution in [2.24, 2.45) is 0 Å². The van der Waals surface area contributed by atoms with Crippen LogP contribution in [0.25, 0.3) is 0 Å². The van der Waals surface area contributed by atoms with Crippen LogP contribution in [0.5, 0.6) is 11.5 Å². The fraction of sp³-hybridized carbons (Fsp3) is 0.455. The maximum atomic E-state index is 6.15. The van der Waals surface area contributed by atoms with Gasteiger partial charge in [0, 0.05) is 25.3 Å². The highest BCUT2D eigenvalue weighted by Crippen LogP contribution is 2.32. The molecular formula is C22H31NO3. The fourth-order valence-corrected chi connectivity index (χ4v) is 2.64. The molecule has 142 valence electrons. The fourth-order valence-electron chi connectivity index (χ4n) is 2.64. The molecule has 0 amide bonds. The van der Waals surface area contributed by atoms with Crippen LogP contribution < -0.4 is 14.8 Å². The molecule has 0 heterocycles. The van der Waals surface area contributed by atoms with Crippen molar-refractivity contribution in [3.63, 3.8) is 0 Å². The average Bonchev–Trinajstić information content (AvgIpc) is 2.65. The highest BCUT2D eigenvalue weighted by molar-refractivity contribution is 5.46. The molecule has 0 bridgehead atoms. The molecule has 0 radical (unpaired) electrons. The Hall–Kier alpha value is -2.04. The smallest absolute Gasteiger partial charge is 0.166 e. The van der Waals surface area contributed by atoms with Crippen molar-refractivity contribution in [1.29, 1.82) is 0 Å². The van der Waals surface area contributed by atoms with E-state index in [0.29, 0.717) is 13.2 Å². The maximum absolute atomic E-state index is 6.15. The van der Waals surface area contributed by atoms with Crippen LogP contribution in [0.4, 0.5) is 0 Å². The van der Waals surface area contributed by atoms with E-state index in [1.165, 1.54) is 5.56 Å². The molecule has 26 heavy (non-hydrogen) atoms. The lowest BCUT2D eigenvalue weighted by molar-refractivity contribution is 0.144. The molecule has 0 saturated carbocycles. The number of rotatable bonds is 12. The summed E-state index contributed by atoms with van der Waals surface area (Å²) in [5.41, 5.74) is 3.51. The predicted octanol–water partition coefficient (Wildman–Crippen LogP) is 4.49. The summed E-state index contributed by atoms with van der Waals surface area (Å²) in [4.78, 5) is 0. The molecule has 0 spiro atoms. The van der Waals surface area contributed by atoms with E-state index in [2.05, 4.69) is 42.6 Å². The van der Waals surface area contributed by atoms with E-state index >= 15 is 0 Å². The van der Waals surface area contributed by atoms with Gasteiger partial charge in [-0.2, -0.15) is 0 Å². The summed E-state index contributed by atoms with van der Waals surface area (Å²) in [7, 11) is 0. The summed E-state index contributed by atoms with van der Waals surface area (Å²) < 4.78 is 17.3. The molecule has 0 aliphatic carbocycles. The van der Waals surface area contributed by atoms with Gasteiger partial charge in [0.05, 0.1) is 6.61 Å². The third-order valence-corrected chi connectivity index (χ3v) is 4.03. The first-order chi connectivity index (χ1) is 12.7. The molecule has 2 aromatic carbocycles. The van der Waals surface area contributed by atoms with Gasteiger partial charge in [-0.25, -0.2) is 0 Å². The van der Waals surface area contributed by atoms with Crippen LogP contribution in [0.3, 0.4) is 0 Å². The number of para-hydroxylation sites is 1. The Balaban J connectivity index is 1.99. The topological polar surface area (TPSA) is 39.7 Å². The summed E-state index contributed by atoms with van der Waals surface area (Å²) in [5.74, 6) is 1.63. The molecule has 0 unspecified atom stereocenters. The van der Waals surface area contributed by atoms with Gasteiger partial charge in [0.25, 0.3) is 0 Å². The van der Waals surface area contributed by atoms with Crippen molar-refractivity contribution in [3.05, 3.63) is 59.2 Å². The number of benzene rings is 2. The van der Waals surface area contributed by atoms with Crippen LogP contribution in [0.15, 0.2) is 42.5 Å². The molecule has 0 aliphatic rings. The van der Waals surface area contributed by atoms with Gasteiger partial charge in [-0.05, 0) is 45.4 Å². The maximum Gasteiger partial charge on any atom is 0.166 e. The number of hydrogen-bond acceptors (Lipinski definition) is 4. The standard InChI is InChI=1S/C22H31NO3/c1-4-24-15-7-14-23-16-20-8-6-9-21(25-5-2)22(20)26-17-19-12-10-18(3)11-13-19/h6,8-13,23H,4-5,7,14-17H2,1-3H3. The third-order valence-electron chi connectivity index (χ3n) is 4.03. The number of nitrogens with one attached hydrogen (secondary N) is 1. The van der Waals surface area contributed by atoms with Gasteiger partial charge >= 0.3 is 0 Å². The lowest BCUT2D eigenvalue weighted by Gasteiger charge is -2.16. The van der Waals surface area contributed by atoms with E-state index in [1.807, 2.05) is 26.0 Å². The first-order valence-corrected chi connectivity index (χ1v) is 9.46. The summed E-state index contributed by atoms with van der Waals surface area (Å²) in [5, 5.41) is 3.46. The molecule has 0 saturated heterocycles. The summed E-state index contributed by atoms with van der Waals surface area (Å²) in [6.45, 7) is 10.5. The van der Waals surface area contributed by atoms with E-state index < -0.39 is 0 Å². The van der Waals surface area contributed by atoms with Crippen molar-refractivity contribution in [2.75, 3.05) is 26.4 Å². The highest BCUT2D eigenvalue weighted by Gasteiger charge is 2.11. The van der Waals surface area contributed by atoms with Crippen molar-refractivity contribution in [1.82, 2.24) is 5.32 Å². The zero-order valence-corrected chi connectivity index (χ0v) is 16.2. The molecule has 1 N–H and O–H groups in total. The first kappa shape index (κ1) is 20.3. The van der Waals surface area contributed by atoms with Crippen molar-refractivity contribution in [2.45, 2.75) is 40.3 Å². The SMILES string of the molecule is CCOCCCNCc1cccc(OCC)c1OCc1ccc(C)cc1. The normalized spacial score (nSPS) is 10.7. The Bertz CT molecular complexity index is 640. The molecule has 0 aromatic heterocycles. The lowest BCUT2D eigenvalue weighted by atomic mass is 10.1. The van der Waals surface area contributed by atoms with E-state index in [4.69, 9.17) is 14.2 Å². The van der Waals surface area contributed by atoms with E-state index in [1.54, 1.807) is 0 Å². The van der Waals surface area contributed by atoms with Crippen molar-refractivity contribution >= 4 is 0 Å². The molecule has 4 nitrogen and oxygen atoms in total. The zero-order valence-electron chi connectivity index (χ0n) is 16.2. The summed E-state index contributed by atoms with van der Waals surface area (Å²) in [6, 6.07) is 14.5. The second-order valence-corrected chi connectivity index (χ2v) is 6.18. The van der Waals surface area contributed by atoms with Gasteiger partial charge in [0.1, 0.15) is 6.61 Å². The van der Waals surface area contributed by atoms with Crippen LogP contribution in [-0.4, -0.2) is 26.4 Å². The van der Waals surface area contributed by atoms with Gasteiger partial charge in [-0.1, -0.05) is 42.0 Å². The van der Waals surface area contributed by atoms with Crippen molar-refractivity contribution < 1.29 is 14.2 Å². The molecule has 0 aliphatic heterocycles. The largest absolute Gasteiger partial charge is 0.490 e. The Morgan fingerprint density at radius 3 is 2.46 bits per heavy atom. The minimum atomic E-state index is 0.529. The number of hydrogen-bond donors (Lipinski definition) is 1. The molecule has 2 rings (SSSR count). The minimum Gasteiger partial charge on any atom is -0.490 e. The quantitative estimate of drug-likeness (QED) is 0.568. The molecule has 0 atom stereocenters.